The molecule has 1 saturated carbocycles. The van der Waals surface area contributed by atoms with Crippen molar-refractivity contribution in [2.75, 3.05) is 6.61 Å². The van der Waals surface area contributed by atoms with Crippen LogP contribution in [0.2, 0.25) is 0 Å². The lowest BCUT2D eigenvalue weighted by Gasteiger charge is -2.38. The van der Waals surface area contributed by atoms with Gasteiger partial charge >= 0.3 is 11.9 Å². The highest BCUT2D eigenvalue weighted by atomic mass is 16.5. The first-order chi connectivity index (χ1) is 8.90. The Balaban J connectivity index is 2.96. The Labute approximate surface area is 114 Å². The molecule has 0 aromatic heterocycles. The molecule has 0 aliphatic heterocycles. The Kier molecular flexibility index (Phi) is 5.35. The molecule has 0 radical (unpaired) electrons. The molecule has 5 nitrogen and oxygen atoms in total. The van der Waals surface area contributed by atoms with Gasteiger partial charge in [0.2, 0.25) is 0 Å². The molecular weight excluding hydrogens is 248 g/mol. The summed E-state index contributed by atoms with van der Waals surface area (Å²) >= 11 is 0. The zero-order chi connectivity index (χ0) is 14.5. The number of carboxylic acids is 1. The van der Waals surface area contributed by atoms with Crippen LogP contribution in [0.5, 0.6) is 0 Å². The van der Waals surface area contributed by atoms with E-state index >= 15 is 0 Å². The Hall–Kier alpha value is -1.10. The largest absolute Gasteiger partial charge is 0.480 e. The molecule has 1 atom stereocenters. The number of rotatable bonds is 6. The molecule has 0 heterocycles. The summed E-state index contributed by atoms with van der Waals surface area (Å²) in [6.45, 7) is 3.44. The van der Waals surface area contributed by atoms with Crippen LogP contribution in [0.1, 0.15) is 58.8 Å². The van der Waals surface area contributed by atoms with E-state index in [1.807, 2.05) is 0 Å². The number of hydrogen-bond donors (Lipinski definition) is 2. The van der Waals surface area contributed by atoms with E-state index in [4.69, 9.17) is 4.74 Å². The Morgan fingerprint density at radius 2 is 1.79 bits per heavy atom. The van der Waals surface area contributed by atoms with E-state index in [-0.39, 0.29) is 19.4 Å². The minimum absolute atomic E-state index is 0.0509. The predicted molar refractivity (Wildman–Crippen MR) is 69.6 cm³/mol. The maximum absolute atomic E-state index is 12.0. The molecule has 1 unspecified atom stereocenters. The number of hydrogen-bond acceptors (Lipinski definition) is 4. The number of esters is 1. The van der Waals surface area contributed by atoms with Gasteiger partial charge in [-0.05, 0) is 26.2 Å². The van der Waals surface area contributed by atoms with Crippen molar-refractivity contribution in [1.82, 2.24) is 0 Å². The summed E-state index contributed by atoms with van der Waals surface area (Å²) in [4.78, 5) is 23.6. The summed E-state index contributed by atoms with van der Waals surface area (Å²) in [7, 11) is 0. The summed E-state index contributed by atoms with van der Waals surface area (Å²) in [5.74, 6) is -1.93. The van der Waals surface area contributed by atoms with E-state index in [1.165, 1.54) is 0 Å². The van der Waals surface area contributed by atoms with Crippen molar-refractivity contribution in [1.29, 1.82) is 0 Å². The molecule has 0 amide bonds. The molecule has 0 spiro atoms. The monoisotopic (exact) mass is 272 g/mol. The molecule has 1 rings (SSSR count). The minimum atomic E-state index is -1.62. The van der Waals surface area contributed by atoms with E-state index in [0.717, 1.165) is 19.3 Å². The lowest BCUT2D eigenvalue weighted by atomic mass is 9.70. The van der Waals surface area contributed by atoms with Crippen molar-refractivity contribution in [2.24, 2.45) is 5.41 Å². The van der Waals surface area contributed by atoms with Gasteiger partial charge in [-0.2, -0.15) is 0 Å². The third kappa shape index (κ3) is 3.47. The van der Waals surface area contributed by atoms with Gasteiger partial charge in [-0.25, -0.2) is 0 Å². The van der Waals surface area contributed by atoms with E-state index < -0.39 is 23.0 Å². The molecule has 5 heteroatoms. The highest BCUT2D eigenvalue weighted by molar-refractivity contribution is 5.99. The zero-order valence-corrected chi connectivity index (χ0v) is 11.8. The van der Waals surface area contributed by atoms with Gasteiger partial charge in [-0.15, -0.1) is 0 Å². The first-order valence-corrected chi connectivity index (χ1v) is 7.03. The molecule has 0 bridgehead atoms. The van der Waals surface area contributed by atoms with Crippen LogP contribution in [-0.2, 0) is 14.3 Å². The second-order valence-electron chi connectivity index (χ2n) is 5.42. The predicted octanol–water partition coefficient (Wildman–Crippen LogP) is 2.12. The van der Waals surface area contributed by atoms with Crippen LogP contribution in [-0.4, -0.2) is 34.4 Å². The Bertz CT molecular complexity index is 333. The first kappa shape index (κ1) is 16.0. The number of carbonyl (C=O) groups excluding carboxylic acids is 1. The Morgan fingerprint density at radius 1 is 1.21 bits per heavy atom. The average molecular weight is 272 g/mol. The van der Waals surface area contributed by atoms with Gasteiger partial charge in [0, 0.05) is 6.42 Å². The molecule has 0 saturated heterocycles. The SMILES string of the molecule is CCOC(=O)C(CC)(CC1(O)CCCCC1)C(=O)O. The third-order valence-corrected chi connectivity index (χ3v) is 4.09. The fraction of sp³-hybridized carbons (Fsp3) is 0.857. The maximum Gasteiger partial charge on any atom is 0.323 e. The molecule has 2 N–H and O–H groups in total. The molecule has 0 aromatic rings. The average Bonchev–Trinajstić information content (AvgIpc) is 2.36. The number of carbonyl (C=O) groups is 2. The normalized spacial score (nSPS) is 21.4. The van der Waals surface area contributed by atoms with Crippen molar-refractivity contribution in [3.8, 4) is 0 Å². The zero-order valence-electron chi connectivity index (χ0n) is 11.8. The standard InChI is InChI=1S/C14H24O5/c1-3-14(11(15)16,12(17)19-4-2)10-13(18)8-6-5-7-9-13/h18H,3-10H2,1-2H3,(H,15,16). The number of carboxylic acid groups (broad SMARTS) is 1. The van der Waals surface area contributed by atoms with Gasteiger partial charge in [0.1, 0.15) is 0 Å². The summed E-state index contributed by atoms with van der Waals surface area (Å²) in [6, 6.07) is 0. The smallest absolute Gasteiger partial charge is 0.323 e. The van der Waals surface area contributed by atoms with Gasteiger partial charge < -0.3 is 14.9 Å². The van der Waals surface area contributed by atoms with Crippen molar-refractivity contribution in [3.05, 3.63) is 0 Å². The highest BCUT2D eigenvalue weighted by Gasteiger charge is 2.51. The summed E-state index contributed by atoms with van der Waals surface area (Å²) < 4.78 is 4.92. The van der Waals surface area contributed by atoms with E-state index in [0.29, 0.717) is 12.8 Å². The van der Waals surface area contributed by atoms with E-state index in [9.17, 15) is 19.8 Å². The second kappa shape index (κ2) is 6.37. The van der Waals surface area contributed by atoms with Gasteiger partial charge in [0.25, 0.3) is 0 Å². The quantitative estimate of drug-likeness (QED) is 0.571. The van der Waals surface area contributed by atoms with Gasteiger partial charge in [-0.1, -0.05) is 26.2 Å². The maximum atomic E-state index is 12.0. The molecule has 19 heavy (non-hydrogen) atoms. The lowest BCUT2D eigenvalue weighted by Crippen LogP contribution is -2.48. The molecule has 0 aromatic carbocycles. The van der Waals surface area contributed by atoms with Crippen LogP contribution in [0.15, 0.2) is 0 Å². The number of aliphatic hydroxyl groups is 1. The van der Waals surface area contributed by atoms with Crippen LogP contribution in [0.4, 0.5) is 0 Å². The molecular formula is C14H24O5. The number of aliphatic carboxylic acids is 1. The van der Waals surface area contributed by atoms with Gasteiger partial charge in [0.05, 0.1) is 12.2 Å². The first-order valence-electron chi connectivity index (χ1n) is 7.03. The Morgan fingerprint density at radius 3 is 2.21 bits per heavy atom. The minimum Gasteiger partial charge on any atom is -0.480 e. The fourth-order valence-electron chi connectivity index (χ4n) is 2.87. The van der Waals surface area contributed by atoms with Crippen LogP contribution in [0, 0.1) is 5.41 Å². The van der Waals surface area contributed by atoms with Crippen molar-refractivity contribution in [2.45, 2.75) is 64.4 Å². The van der Waals surface area contributed by atoms with Crippen LogP contribution < -0.4 is 0 Å². The summed E-state index contributed by atoms with van der Waals surface area (Å²) in [5, 5.41) is 20.0. The second-order valence-corrected chi connectivity index (χ2v) is 5.42. The van der Waals surface area contributed by atoms with Crippen LogP contribution >= 0.6 is 0 Å². The fourth-order valence-corrected chi connectivity index (χ4v) is 2.87. The molecule has 1 fully saturated rings. The van der Waals surface area contributed by atoms with E-state index in [2.05, 4.69) is 0 Å². The van der Waals surface area contributed by atoms with Crippen molar-refractivity contribution < 1.29 is 24.5 Å². The van der Waals surface area contributed by atoms with Crippen molar-refractivity contribution >= 4 is 11.9 Å². The van der Waals surface area contributed by atoms with Gasteiger partial charge in [0.15, 0.2) is 5.41 Å². The summed E-state index contributed by atoms with van der Waals surface area (Å²) in [6.07, 6.45) is 3.99. The third-order valence-electron chi connectivity index (χ3n) is 4.09. The highest BCUT2D eigenvalue weighted by Crippen LogP contribution is 2.41. The summed E-state index contributed by atoms with van der Waals surface area (Å²) in [5.41, 5.74) is -2.68. The van der Waals surface area contributed by atoms with Crippen molar-refractivity contribution in [3.63, 3.8) is 0 Å². The molecule has 1 aliphatic rings. The van der Waals surface area contributed by atoms with Crippen LogP contribution in [0.3, 0.4) is 0 Å². The number of ether oxygens (including phenoxy) is 1. The van der Waals surface area contributed by atoms with Crippen LogP contribution in [0.25, 0.3) is 0 Å². The topological polar surface area (TPSA) is 83.8 Å². The molecule has 1 aliphatic carbocycles. The van der Waals surface area contributed by atoms with Gasteiger partial charge in [-0.3, -0.25) is 9.59 Å². The van der Waals surface area contributed by atoms with E-state index in [1.54, 1.807) is 13.8 Å². The lowest BCUT2D eigenvalue weighted by molar-refractivity contribution is -0.175. The molecule has 110 valence electrons.